The molecule has 34 heavy (non-hydrogen) atoms. The number of nitrogens with one attached hydrogen (secondary N) is 2. The van der Waals surface area contributed by atoms with Crippen LogP contribution in [0, 0.1) is 6.92 Å². The Morgan fingerprint density at radius 3 is 2.62 bits per heavy atom. The number of carbonyl (C=O) groups excluding carboxylic acids is 1. The Hall–Kier alpha value is -3.07. The smallest absolute Gasteiger partial charge is 0.319 e. The van der Waals surface area contributed by atoms with Crippen molar-refractivity contribution in [2.45, 2.75) is 22.9 Å². The SMILES string of the molecule is Cc1cc(Oc2ccccc2)ccc1C1(N2CCN(C)CC2)Sc2nccc3c2C1NC(=O)N3. The highest BCUT2D eigenvalue weighted by molar-refractivity contribution is 8.00. The summed E-state index contributed by atoms with van der Waals surface area (Å²) in [6.45, 7) is 5.91. The Labute approximate surface area is 203 Å². The zero-order chi connectivity index (χ0) is 23.3. The zero-order valence-electron chi connectivity index (χ0n) is 19.2. The van der Waals surface area contributed by atoms with Crippen LogP contribution in [-0.4, -0.2) is 54.0 Å². The summed E-state index contributed by atoms with van der Waals surface area (Å²) in [6.07, 6.45) is 1.79. The topological polar surface area (TPSA) is 69.7 Å². The normalized spacial score (nSPS) is 24.3. The molecule has 3 aliphatic heterocycles. The molecule has 2 unspecified atom stereocenters. The number of likely N-dealkylation sites (N-methyl/N-ethyl adjacent to an activating group) is 1. The van der Waals surface area contributed by atoms with Gasteiger partial charge in [0.2, 0.25) is 0 Å². The fourth-order valence-corrected chi connectivity index (χ4v) is 6.97. The van der Waals surface area contributed by atoms with Crippen LogP contribution in [0.1, 0.15) is 22.7 Å². The minimum Gasteiger partial charge on any atom is -0.457 e. The number of para-hydroxylation sites is 1. The number of thioether (sulfide) groups is 1. The summed E-state index contributed by atoms with van der Waals surface area (Å²) in [5.41, 5.74) is 4.24. The van der Waals surface area contributed by atoms with Gasteiger partial charge in [0, 0.05) is 37.9 Å². The van der Waals surface area contributed by atoms with E-state index in [1.807, 2.05) is 42.5 Å². The Balaban J connectivity index is 1.46. The summed E-state index contributed by atoms with van der Waals surface area (Å²) in [4.78, 5) is 21.8. The maximum atomic E-state index is 12.7. The first-order valence-corrected chi connectivity index (χ1v) is 12.4. The molecule has 2 N–H and O–H groups in total. The van der Waals surface area contributed by atoms with Crippen LogP contribution >= 0.6 is 11.8 Å². The molecule has 7 nitrogen and oxygen atoms in total. The van der Waals surface area contributed by atoms with Gasteiger partial charge >= 0.3 is 6.03 Å². The number of amides is 2. The van der Waals surface area contributed by atoms with Crippen LogP contribution in [0.15, 0.2) is 65.8 Å². The highest BCUT2D eigenvalue weighted by Crippen LogP contribution is 2.62. The molecular formula is C26H27N5O2S. The molecule has 1 aromatic heterocycles. The fraction of sp³-hybridized carbons (Fsp3) is 0.308. The van der Waals surface area contributed by atoms with Crippen molar-refractivity contribution in [2.24, 2.45) is 0 Å². The van der Waals surface area contributed by atoms with E-state index in [1.165, 1.54) is 5.56 Å². The number of carbonyl (C=O) groups is 1. The molecule has 0 aliphatic carbocycles. The van der Waals surface area contributed by atoms with Crippen molar-refractivity contribution in [1.82, 2.24) is 20.1 Å². The zero-order valence-corrected chi connectivity index (χ0v) is 20.1. The maximum Gasteiger partial charge on any atom is 0.319 e. The summed E-state index contributed by atoms with van der Waals surface area (Å²) in [6, 6.07) is 17.6. The van der Waals surface area contributed by atoms with Crippen LogP contribution in [0.2, 0.25) is 0 Å². The Kier molecular flexibility index (Phi) is 5.24. The van der Waals surface area contributed by atoms with Gasteiger partial charge in [-0.1, -0.05) is 36.0 Å². The van der Waals surface area contributed by atoms with Crippen molar-refractivity contribution in [2.75, 3.05) is 38.5 Å². The standard InChI is InChI=1S/C26H27N5O2S/c1-17-16-19(33-18-6-4-3-5-7-18)8-9-20(17)26(31-14-12-30(2)13-15-31)23-22-21(28-25(32)29-23)10-11-27-24(22)34-26/h3-11,16,23H,12-15H2,1-2H3,(H2,28,29,32). The molecule has 6 rings (SSSR count). The van der Waals surface area contributed by atoms with E-state index >= 15 is 0 Å². The van der Waals surface area contributed by atoms with E-state index in [-0.39, 0.29) is 12.1 Å². The lowest BCUT2D eigenvalue weighted by Crippen LogP contribution is -2.58. The molecule has 0 bridgehead atoms. The number of piperazine rings is 1. The summed E-state index contributed by atoms with van der Waals surface area (Å²) in [5, 5.41) is 7.20. The van der Waals surface area contributed by atoms with Crippen LogP contribution in [-0.2, 0) is 4.87 Å². The third kappa shape index (κ3) is 3.45. The number of benzene rings is 2. The summed E-state index contributed by atoms with van der Waals surface area (Å²) >= 11 is 1.76. The number of nitrogens with zero attached hydrogens (tertiary/aromatic N) is 3. The molecule has 4 heterocycles. The average molecular weight is 474 g/mol. The molecule has 1 saturated heterocycles. The predicted octanol–water partition coefficient (Wildman–Crippen LogP) is 4.56. The summed E-state index contributed by atoms with van der Waals surface area (Å²) in [7, 11) is 2.16. The summed E-state index contributed by atoms with van der Waals surface area (Å²) < 4.78 is 6.11. The molecule has 0 spiro atoms. The average Bonchev–Trinajstić information content (AvgIpc) is 3.16. The number of rotatable bonds is 4. The van der Waals surface area contributed by atoms with Crippen LogP contribution in [0.5, 0.6) is 11.5 Å². The molecule has 1 fully saturated rings. The Bertz CT molecular complexity index is 1250. The second-order valence-electron chi connectivity index (χ2n) is 9.09. The number of hydrogen-bond donors (Lipinski definition) is 2. The maximum absolute atomic E-state index is 12.7. The molecule has 174 valence electrons. The minimum absolute atomic E-state index is 0.169. The number of aromatic nitrogens is 1. The van der Waals surface area contributed by atoms with Crippen molar-refractivity contribution < 1.29 is 9.53 Å². The predicted molar refractivity (Wildman–Crippen MR) is 133 cm³/mol. The monoisotopic (exact) mass is 473 g/mol. The van der Waals surface area contributed by atoms with Gasteiger partial charge in [0.15, 0.2) is 0 Å². The number of ether oxygens (including phenoxy) is 1. The lowest BCUT2D eigenvalue weighted by atomic mass is 9.87. The molecule has 2 atom stereocenters. The molecule has 0 radical (unpaired) electrons. The van der Waals surface area contributed by atoms with E-state index < -0.39 is 4.87 Å². The highest BCUT2D eigenvalue weighted by Gasteiger charge is 2.56. The quantitative estimate of drug-likeness (QED) is 0.579. The number of urea groups is 1. The molecule has 8 heteroatoms. The fourth-order valence-electron chi connectivity index (χ4n) is 5.28. The van der Waals surface area contributed by atoms with Gasteiger partial charge in [-0.15, -0.1) is 0 Å². The van der Waals surface area contributed by atoms with Gasteiger partial charge in [-0.25, -0.2) is 9.78 Å². The highest BCUT2D eigenvalue weighted by atomic mass is 32.2. The molecule has 3 aliphatic rings. The molecular weight excluding hydrogens is 446 g/mol. The second-order valence-corrected chi connectivity index (χ2v) is 10.3. The van der Waals surface area contributed by atoms with Crippen molar-refractivity contribution in [3.05, 3.63) is 77.5 Å². The van der Waals surface area contributed by atoms with E-state index in [1.54, 1.807) is 18.0 Å². The van der Waals surface area contributed by atoms with Crippen LogP contribution in [0.25, 0.3) is 0 Å². The number of aryl methyl sites for hydroxylation is 1. The van der Waals surface area contributed by atoms with Gasteiger partial charge in [0.1, 0.15) is 21.4 Å². The number of pyridine rings is 1. The van der Waals surface area contributed by atoms with Crippen LogP contribution in [0.4, 0.5) is 10.5 Å². The van der Waals surface area contributed by atoms with E-state index in [0.717, 1.165) is 59.5 Å². The van der Waals surface area contributed by atoms with Crippen LogP contribution in [0.3, 0.4) is 0 Å². The van der Waals surface area contributed by atoms with Gasteiger partial charge in [-0.3, -0.25) is 4.90 Å². The first-order valence-electron chi connectivity index (χ1n) is 11.6. The summed E-state index contributed by atoms with van der Waals surface area (Å²) in [5.74, 6) is 1.61. The number of hydrogen-bond acceptors (Lipinski definition) is 6. The minimum atomic E-state index is -0.486. The first-order chi connectivity index (χ1) is 16.5. The van der Waals surface area contributed by atoms with Gasteiger partial charge in [-0.05, 0) is 55.4 Å². The van der Waals surface area contributed by atoms with Gasteiger partial charge in [0.05, 0.1) is 11.7 Å². The Morgan fingerprint density at radius 1 is 1.06 bits per heavy atom. The van der Waals surface area contributed by atoms with Crippen molar-refractivity contribution >= 4 is 23.5 Å². The lowest BCUT2D eigenvalue weighted by Gasteiger charge is -2.49. The van der Waals surface area contributed by atoms with Crippen molar-refractivity contribution in [3.8, 4) is 11.5 Å². The van der Waals surface area contributed by atoms with E-state index in [4.69, 9.17) is 9.72 Å². The molecule has 3 aromatic rings. The van der Waals surface area contributed by atoms with E-state index in [9.17, 15) is 4.79 Å². The van der Waals surface area contributed by atoms with E-state index in [0.29, 0.717) is 0 Å². The number of anilines is 1. The van der Waals surface area contributed by atoms with Crippen molar-refractivity contribution in [3.63, 3.8) is 0 Å². The van der Waals surface area contributed by atoms with Crippen LogP contribution < -0.4 is 15.4 Å². The van der Waals surface area contributed by atoms with Crippen molar-refractivity contribution in [1.29, 1.82) is 0 Å². The first kappa shape index (κ1) is 21.5. The second kappa shape index (κ2) is 8.30. The molecule has 0 saturated carbocycles. The molecule has 2 amide bonds. The van der Waals surface area contributed by atoms with Gasteiger partial charge in [-0.2, -0.15) is 0 Å². The molecule has 2 aromatic carbocycles. The van der Waals surface area contributed by atoms with Gasteiger partial charge < -0.3 is 20.3 Å². The lowest BCUT2D eigenvalue weighted by molar-refractivity contribution is 0.0726. The third-order valence-electron chi connectivity index (χ3n) is 6.95. The largest absolute Gasteiger partial charge is 0.457 e. The van der Waals surface area contributed by atoms with E-state index in [2.05, 4.69) is 46.5 Å². The van der Waals surface area contributed by atoms with Gasteiger partial charge in [0.25, 0.3) is 0 Å². The third-order valence-corrected chi connectivity index (χ3v) is 8.49. The Morgan fingerprint density at radius 2 is 1.85 bits per heavy atom.